The summed E-state index contributed by atoms with van der Waals surface area (Å²) in [5, 5.41) is 13.9. The molecule has 3 rings (SSSR count). The Morgan fingerprint density at radius 2 is 2.10 bits per heavy atom. The average Bonchev–Trinajstić information content (AvgIpc) is 3.32. The number of hydrogen-bond donors (Lipinski definition) is 2. The quantitative estimate of drug-likeness (QED) is 0.872. The van der Waals surface area contributed by atoms with Crippen LogP contribution < -0.4 is 5.32 Å². The highest BCUT2D eigenvalue weighted by molar-refractivity contribution is 5.38. The zero-order valence-corrected chi connectivity index (χ0v) is 13.3. The largest absolute Gasteiger partial charge is 0.508 e. The molecule has 1 aromatic carbocycles. The average molecular weight is 288 g/mol. The molecule has 2 atom stereocenters. The molecular formula is C18H28N2O. The fourth-order valence-electron chi connectivity index (χ4n) is 3.55. The topological polar surface area (TPSA) is 35.5 Å². The number of hydrogen-bond acceptors (Lipinski definition) is 3. The van der Waals surface area contributed by atoms with E-state index in [4.69, 9.17) is 0 Å². The molecule has 3 heteroatoms. The molecule has 1 saturated carbocycles. The first-order chi connectivity index (χ1) is 10.1. The summed E-state index contributed by atoms with van der Waals surface area (Å²) >= 11 is 0. The molecule has 0 spiro atoms. The second kappa shape index (κ2) is 6.37. The summed E-state index contributed by atoms with van der Waals surface area (Å²) in [6.45, 7) is 6.61. The molecule has 0 amide bonds. The van der Waals surface area contributed by atoms with Gasteiger partial charge in [0.2, 0.25) is 0 Å². The lowest BCUT2D eigenvalue weighted by molar-refractivity contribution is 0.164. The van der Waals surface area contributed by atoms with E-state index in [1.165, 1.54) is 37.7 Å². The molecule has 0 aromatic heterocycles. The summed E-state index contributed by atoms with van der Waals surface area (Å²) < 4.78 is 0. The number of aromatic hydroxyl groups is 1. The third-order valence-electron chi connectivity index (χ3n) is 4.99. The lowest BCUT2D eigenvalue weighted by Gasteiger charge is -2.35. The van der Waals surface area contributed by atoms with E-state index in [2.05, 4.69) is 30.1 Å². The monoisotopic (exact) mass is 288 g/mol. The van der Waals surface area contributed by atoms with Crippen LogP contribution >= 0.6 is 0 Å². The van der Waals surface area contributed by atoms with Gasteiger partial charge in [-0.3, -0.25) is 4.90 Å². The van der Waals surface area contributed by atoms with E-state index >= 15 is 0 Å². The van der Waals surface area contributed by atoms with Crippen LogP contribution in [0.2, 0.25) is 0 Å². The fourth-order valence-corrected chi connectivity index (χ4v) is 3.55. The molecule has 116 valence electrons. The van der Waals surface area contributed by atoms with Gasteiger partial charge in [-0.05, 0) is 52.1 Å². The first-order valence-electron chi connectivity index (χ1n) is 8.44. The van der Waals surface area contributed by atoms with Gasteiger partial charge in [-0.2, -0.15) is 0 Å². The second-order valence-corrected chi connectivity index (χ2v) is 6.81. The highest BCUT2D eigenvalue weighted by Gasteiger charge is 2.35. The summed E-state index contributed by atoms with van der Waals surface area (Å²) in [7, 11) is 0. The van der Waals surface area contributed by atoms with Gasteiger partial charge in [-0.15, -0.1) is 0 Å². The summed E-state index contributed by atoms with van der Waals surface area (Å²) in [5.41, 5.74) is 2.30. The Morgan fingerprint density at radius 1 is 1.29 bits per heavy atom. The van der Waals surface area contributed by atoms with Crippen molar-refractivity contribution in [1.82, 2.24) is 10.2 Å². The van der Waals surface area contributed by atoms with Gasteiger partial charge in [0.25, 0.3) is 0 Å². The number of nitrogens with zero attached hydrogens (tertiary/aromatic N) is 1. The Labute approximate surface area is 128 Å². The highest BCUT2D eigenvalue weighted by Crippen LogP contribution is 2.37. The van der Waals surface area contributed by atoms with Crippen LogP contribution in [0.15, 0.2) is 18.2 Å². The van der Waals surface area contributed by atoms with Crippen LogP contribution in [0.25, 0.3) is 0 Å². The van der Waals surface area contributed by atoms with Gasteiger partial charge in [-0.1, -0.05) is 24.1 Å². The maximum absolute atomic E-state index is 10.2. The first-order valence-corrected chi connectivity index (χ1v) is 8.44. The van der Waals surface area contributed by atoms with Crippen molar-refractivity contribution in [1.29, 1.82) is 0 Å². The van der Waals surface area contributed by atoms with Gasteiger partial charge in [-0.25, -0.2) is 0 Å². The minimum Gasteiger partial charge on any atom is -0.508 e. The number of phenols is 1. The number of aryl methyl sites for hydroxylation is 1. The Bertz CT molecular complexity index is 478. The first kappa shape index (κ1) is 14.9. The Hall–Kier alpha value is -1.06. The standard InChI is InChI=1S/C18H28N2O/c1-13-6-9-18(21)17(11-13)14(2)20(16-7-8-16)12-15-5-3-4-10-19-15/h6,9,11,14-16,19,21H,3-5,7-8,10,12H2,1-2H3. The van der Waals surface area contributed by atoms with Crippen molar-refractivity contribution in [2.45, 2.75) is 64.1 Å². The summed E-state index contributed by atoms with van der Waals surface area (Å²) in [6, 6.07) is 7.59. The van der Waals surface area contributed by atoms with Crippen LogP contribution in [0.1, 0.15) is 56.2 Å². The molecule has 3 nitrogen and oxygen atoms in total. The summed E-state index contributed by atoms with van der Waals surface area (Å²) in [5.74, 6) is 0.440. The maximum atomic E-state index is 10.2. The molecule has 1 saturated heterocycles. The molecule has 0 bridgehead atoms. The van der Waals surface area contributed by atoms with Crippen LogP contribution in [0.4, 0.5) is 0 Å². The second-order valence-electron chi connectivity index (χ2n) is 6.81. The third-order valence-corrected chi connectivity index (χ3v) is 4.99. The lowest BCUT2D eigenvalue weighted by atomic mass is 10.00. The lowest BCUT2D eigenvalue weighted by Crippen LogP contribution is -2.45. The van der Waals surface area contributed by atoms with Crippen LogP contribution in [0.3, 0.4) is 0 Å². The normalized spacial score (nSPS) is 24.2. The zero-order chi connectivity index (χ0) is 14.8. The van der Waals surface area contributed by atoms with E-state index in [-0.39, 0.29) is 0 Å². The highest BCUT2D eigenvalue weighted by atomic mass is 16.3. The van der Waals surface area contributed by atoms with E-state index in [1.54, 1.807) is 0 Å². The number of phenolic OH excluding ortho intramolecular Hbond substituents is 1. The molecule has 1 heterocycles. The van der Waals surface area contributed by atoms with E-state index < -0.39 is 0 Å². The van der Waals surface area contributed by atoms with Crippen molar-refractivity contribution in [2.75, 3.05) is 13.1 Å². The summed E-state index contributed by atoms with van der Waals surface area (Å²) in [6.07, 6.45) is 6.57. The Kier molecular flexibility index (Phi) is 4.51. The molecule has 2 fully saturated rings. The number of nitrogens with one attached hydrogen (secondary N) is 1. The van der Waals surface area contributed by atoms with Crippen molar-refractivity contribution in [3.05, 3.63) is 29.3 Å². The van der Waals surface area contributed by atoms with Crippen molar-refractivity contribution in [3.63, 3.8) is 0 Å². The Balaban J connectivity index is 1.74. The molecule has 0 radical (unpaired) electrons. The van der Waals surface area contributed by atoms with Crippen molar-refractivity contribution in [2.24, 2.45) is 0 Å². The van der Waals surface area contributed by atoms with Gasteiger partial charge in [0.05, 0.1) is 0 Å². The van der Waals surface area contributed by atoms with E-state index in [1.807, 2.05) is 12.1 Å². The van der Waals surface area contributed by atoms with Gasteiger partial charge in [0.15, 0.2) is 0 Å². The molecule has 2 N–H and O–H groups in total. The fraction of sp³-hybridized carbons (Fsp3) is 0.667. The summed E-state index contributed by atoms with van der Waals surface area (Å²) in [4.78, 5) is 2.61. The molecule has 2 aliphatic rings. The van der Waals surface area contributed by atoms with Crippen molar-refractivity contribution in [3.8, 4) is 5.75 Å². The van der Waals surface area contributed by atoms with Crippen molar-refractivity contribution < 1.29 is 5.11 Å². The third kappa shape index (κ3) is 3.58. The minimum absolute atomic E-state index is 0.293. The molecule has 2 unspecified atom stereocenters. The number of piperidine rings is 1. The number of rotatable bonds is 5. The predicted octanol–water partition coefficient (Wildman–Crippen LogP) is 3.37. The van der Waals surface area contributed by atoms with E-state index in [9.17, 15) is 5.11 Å². The number of benzene rings is 1. The van der Waals surface area contributed by atoms with Crippen LogP contribution in [-0.4, -0.2) is 35.2 Å². The molecule has 1 aromatic rings. The van der Waals surface area contributed by atoms with Gasteiger partial charge < -0.3 is 10.4 Å². The molecular weight excluding hydrogens is 260 g/mol. The van der Waals surface area contributed by atoms with E-state index in [0.29, 0.717) is 23.9 Å². The van der Waals surface area contributed by atoms with Crippen LogP contribution in [-0.2, 0) is 0 Å². The zero-order valence-electron chi connectivity index (χ0n) is 13.3. The van der Waals surface area contributed by atoms with Gasteiger partial charge in [0.1, 0.15) is 5.75 Å². The Morgan fingerprint density at radius 3 is 2.76 bits per heavy atom. The predicted molar refractivity (Wildman–Crippen MR) is 86.6 cm³/mol. The minimum atomic E-state index is 0.293. The van der Waals surface area contributed by atoms with Crippen LogP contribution in [0, 0.1) is 6.92 Å². The van der Waals surface area contributed by atoms with Crippen molar-refractivity contribution >= 4 is 0 Å². The maximum Gasteiger partial charge on any atom is 0.120 e. The molecule has 21 heavy (non-hydrogen) atoms. The smallest absolute Gasteiger partial charge is 0.120 e. The van der Waals surface area contributed by atoms with Gasteiger partial charge >= 0.3 is 0 Å². The van der Waals surface area contributed by atoms with Gasteiger partial charge in [0, 0.05) is 30.2 Å². The SMILES string of the molecule is Cc1ccc(O)c(C(C)N(CC2CCCCN2)C2CC2)c1. The van der Waals surface area contributed by atoms with E-state index in [0.717, 1.165) is 18.7 Å². The molecule has 1 aliphatic heterocycles. The molecule has 1 aliphatic carbocycles. The van der Waals surface area contributed by atoms with Crippen LogP contribution in [0.5, 0.6) is 5.75 Å².